The highest BCUT2D eigenvalue weighted by atomic mass is 16.7. The number of ketones is 2. The SMILES string of the molecule is COc1cccc2c1C(=O)c1c(O)c3c(c(O)c1C2=O)C[C@@](O)(C(O)CO)C[C@H]3O[C@H]1CC(N)[C@@H](O)C(C)O1. The molecule has 39 heavy (non-hydrogen) atoms. The van der Waals surface area contributed by atoms with Crippen molar-refractivity contribution in [2.45, 2.75) is 68.5 Å². The summed E-state index contributed by atoms with van der Waals surface area (Å²) in [6.07, 6.45) is -6.45. The molecule has 2 aromatic rings. The van der Waals surface area contributed by atoms with Gasteiger partial charge in [-0.1, -0.05) is 12.1 Å². The summed E-state index contributed by atoms with van der Waals surface area (Å²) in [5.41, 5.74) is 2.77. The first-order valence-corrected chi connectivity index (χ1v) is 12.6. The van der Waals surface area contributed by atoms with Crippen LogP contribution in [0, 0.1) is 0 Å². The van der Waals surface area contributed by atoms with Crippen molar-refractivity contribution in [3.8, 4) is 17.2 Å². The van der Waals surface area contributed by atoms with Crippen LogP contribution in [0.5, 0.6) is 17.2 Å². The van der Waals surface area contributed by atoms with Crippen LogP contribution in [-0.4, -0.2) is 92.2 Å². The molecule has 1 fully saturated rings. The maximum Gasteiger partial charge on any atom is 0.202 e. The monoisotopic (exact) mass is 545 g/mol. The Kier molecular flexibility index (Phi) is 6.92. The molecule has 0 radical (unpaired) electrons. The number of aliphatic hydroxyl groups is 4. The van der Waals surface area contributed by atoms with Gasteiger partial charge in [-0.05, 0) is 13.0 Å². The lowest BCUT2D eigenvalue weighted by Gasteiger charge is -2.44. The van der Waals surface area contributed by atoms with E-state index in [1.54, 1.807) is 6.92 Å². The van der Waals surface area contributed by atoms with Crippen molar-refractivity contribution in [1.29, 1.82) is 0 Å². The van der Waals surface area contributed by atoms with Gasteiger partial charge in [-0.2, -0.15) is 0 Å². The van der Waals surface area contributed by atoms with E-state index < -0.39 is 89.6 Å². The number of fused-ring (bicyclic) bond motifs is 3. The highest BCUT2D eigenvalue weighted by Crippen LogP contribution is 2.52. The summed E-state index contributed by atoms with van der Waals surface area (Å²) in [6, 6.07) is 3.69. The van der Waals surface area contributed by atoms with Crippen molar-refractivity contribution >= 4 is 11.6 Å². The topological polar surface area (TPSA) is 209 Å². The maximum absolute atomic E-state index is 13.7. The molecule has 3 unspecified atom stereocenters. The molecule has 8 N–H and O–H groups in total. The van der Waals surface area contributed by atoms with Gasteiger partial charge in [0.15, 0.2) is 12.1 Å². The molecule has 1 heterocycles. The molecule has 3 aliphatic rings. The smallest absolute Gasteiger partial charge is 0.202 e. The van der Waals surface area contributed by atoms with Gasteiger partial charge in [0.05, 0.1) is 54.3 Å². The lowest BCUT2D eigenvalue weighted by molar-refractivity contribution is -0.251. The van der Waals surface area contributed by atoms with Crippen LogP contribution in [0.4, 0.5) is 0 Å². The van der Waals surface area contributed by atoms with E-state index in [0.717, 1.165) is 0 Å². The second-order valence-electron chi connectivity index (χ2n) is 10.3. The fraction of sp³-hybridized carbons (Fsp3) is 0.481. The zero-order valence-corrected chi connectivity index (χ0v) is 21.3. The third-order valence-electron chi connectivity index (χ3n) is 7.97. The highest BCUT2D eigenvalue weighted by molar-refractivity contribution is 6.31. The molecule has 5 rings (SSSR count). The lowest BCUT2D eigenvalue weighted by Crippen LogP contribution is -2.53. The summed E-state index contributed by atoms with van der Waals surface area (Å²) in [7, 11) is 1.33. The van der Waals surface area contributed by atoms with E-state index in [4.69, 9.17) is 19.9 Å². The number of carbonyl (C=O) groups excluding carboxylic acids is 2. The van der Waals surface area contributed by atoms with Gasteiger partial charge >= 0.3 is 0 Å². The lowest BCUT2D eigenvalue weighted by atomic mass is 9.71. The van der Waals surface area contributed by atoms with E-state index in [-0.39, 0.29) is 40.8 Å². The van der Waals surface area contributed by atoms with Crippen molar-refractivity contribution in [1.82, 2.24) is 0 Å². The number of phenols is 2. The van der Waals surface area contributed by atoms with Crippen LogP contribution in [0.2, 0.25) is 0 Å². The third-order valence-corrected chi connectivity index (χ3v) is 7.97. The van der Waals surface area contributed by atoms with E-state index in [0.29, 0.717) is 0 Å². The normalized spacial score (nSPS) is 30.8. The molecule has 2 aliphatic carbocycles. The minimum absolute atomic E-state index is 0.0343. The molecule has 0 saturated carbocycles. The Morgan fingerprint density at radius 1 is 1.15 bits per heavy atom. The van der Waals surface area contributed by atoms with Gasteiger partial charge in [0, 0.05) is 42.0 Å². The van der Waals surface area contributed by atoms with Gasteiger partial charge in [0.1, 0.15) is 23.4 Å². The Labute approximate surface area is 223 Å². The average molecular weight is 546 g/mol. The average Bonchev–Trinajstić information content (AvgIpc) is 2.90. The molecule has 0 spiro atoms. The summed E-state index contributed by atoms with van der Waals surface area (Å²) >= 11 is 0. The number of phenolic OH excluding ortho intramolecular Hbond substituents is 2. The number of nitrogens with two attached hydrogens (primary N) is 1. The van der Waals surface area contributed by atoms with E-state index in [1.807, 2.05) is 0 Å². The van der Waals surface area contributed by atoms with Crippen molar-refractivity contribution in [2.75, 3.05) is 13.7 Å². The van der Waals surface area contributed by atoms with Gasteiger partial charge in [-0.25, -0.2) is 0 Å². The first-order valence-electron chi connectivity index (χ1n) is 12.6. The molecule has 0 aromatic heterocycles. The number of ether oxygens (including phenoxy) is 3. The second-order valence-corrected chi connectivity index (χ2v) is 10.3. The molecule has 12 nitrogen and oxygen atoms in total. The summed E-state index contributed by atoms with van der Waals surface area (Å²) < 4.78 is 17.1. The number of benzene rings is 2. The van der Waals surface area contributed by atoms with Crippen LogP contribution in [0.1, 0.15) is 68.8 Å². The standard InChI is InChI=1S/C27H31NO11/c1-10-22(31)13(28)6-17(38-10)39-15-8-27(36,16(30)9-29)7-12-19(15)26(35)21-20(24(12)33)23(32)11-4-3-5-14(37-2)18(11)25(21)34/h3-5,10,13,15-17,22,29-31,33,35-36H,6-9,28H2,1-2H3/t10?,13?,15-,16?,17+,22+,27+/m1/s1. The molecule has 12 heteroatoms. The molecule has 2 aromatic carbocycles. The van der Waals surface area contributed by atoms with Crippen molar-refractivity contribution < 1.29 is 54.4 Å². The first-order chi connectivity index (χ1) is 18.4. The van der Waals surface area contributed by atoms with Crippen LogP contribution < -0.4 is 10.5 Å². The van der Waals surface area contributed by atoms with Gasteiger partial charge in [-0.3, -0.25) is 9.59 Å². The Hall–Kier alpha value is -3.10. The number of rotatable bonds is 5. The molecule has 1 saturated heterocycles. The van der Waals surface area contributed by atoms with Crippen LogP contribution >= 0.6 is 0 Å². The van der Waals surface area contributed by atoms with Gasteiger partial charge in [-0.15, -0.1) is 0 Å². The van der Waals surface area contributed by atoms with Crippen LogP contribution in [0.25, 0.3) is 0 Å². The van der Waals surface area contributed by atoms with E-state index in [9.17, 15) is 40.2 Å². The van der Waals surface area contributed by atoms with Crippen molar-refractivity contribution in [3.05, 3.63) is 51.6 Å². The largest absolute Gasteiger partial charge is 0.507 e. The van der Waals surface area contributed by atoms with Gasteiger partial charge < -0.3 is 50.6 Å². The summed E-state index contributed by atoms with van der Waals surface area (Å²) in [6.45, 7) is 0.768. The number of carbonyl (C=O) groups is 2. The predicted molar refractivity (Wildman–Crippen MR) is 133 cm³/mol. The number of aromatic hydroxyl groups is 2. The zero-order chi connectivity index (χ0) is 28.4. The second kappa shape index (κ2) is 9.82. The highest BCUT2D eigenvalue weighted by Gasteiger charge is 2.50. The minimum atomic E-state index is -2.05. The number of aliphatic hydroxyl groups excluding tert-OH is 3. The Balaban J connectivity index is 1.68. The summed E-state index contributed by atoms with van der Waals surface area (Å²) in [5, 5.41) is 64.4. The Morgan fingerprint density at radius 3 is 2.49 bits per heavy atom. The molecule has 0 amide bonds. The third kappa shape index (κ3) is 4.19. The molecule has 1 aliphatic heterocycles. The van der Waals surface area contributed by atoms with Crippen molar-refractivity contribution in [2.24, 2.45) is 5.73 Å². The summed E-state index contributed by atoms with van der Waals surface area (Å²) in [5.74, 6) is -2.68. The zero-order valence-electron chi connectivity index (χ0n) is 21.3. The molecular formula is C27H31NO11. The minimum Gasteiger partial charge on any atom is -0.507 e. The first kappa shape index (κ1) is 27.5. The number of hydrogen-bond donors (Lipinski definition) is 7. The van der Waals surface area contributed by atoms with Gasteiger partial charge in [0.25, 0.3) is 0 Å². The van der Waals surface area contributed by atoms with Crippen LogP contribution in [-0.2, 0) is 15.9 Å². The number of hydrogen-bond acceptors (Lipinski definition) is 12. The maximum atomic E-state index is 13.7. The number of methoxy groups -OCH3 is 1. The van der Waals surface area contributed by atoms with E-state index in [2.05, 4.69) is 0 Å². The van der Waals surface area contributed by atoms with Crippen LogP contribution in [0.15, 0.2) is 18.2 Å². The fourth-order valence-corrected chi connectivity index (χ4v) is 5.84. The van der Waals surface area contributed by atoms with Crippen LogP contribution in [0.3, 0.4) is 0 Å². The predicted octanol–water partition coefficient (Wildman–Crippen LogP) is -0.207. The quantitative estimate of drug-likeness (QED) is 0.208. The van der Waals surface area contributed by atoms with Crippen molar-refractivity contribution in [3.63, 3.8) is 0 Å². The van der Waals surface area contributed by atoms with E-state index >= 15 is 0 Å². The Morgan fingerprint density at radius 2 is 1.85 bits per heavy atom. The molecule has 0 bridgehead atoms. The molecular weight excluding hydrogens is 514 g/mol. The Bertz CT molecular complexity index is 1330. The molecule has 7 atom stereocenters. The van der Waals surface area contributed by atoms with E-state index in [1.165, 1.54) is 25.3 Å². The fourth-order valence-electron chi connectivity index (χ4n) is 5.84. The summed E-state index contributed by atoms with van der Waals surface area (Å²) in [4.78, 5) is 27.2. The van der Waals surface area contributed by atoms with Gasteiger partial charge in [0.2, 0.25) is 5.78 Å². The molecule has 210 valence electrons.